The van der Waals surface area contributed by atoms with Gasteiger partial charge in [-0.15, -0.1) is 0 Å². The van der Waals surface area contributed by atoms with Gasteiger partial charge < -0.3 is 10.1 Å². The molecule has 1 aromatic rings. The zero-order valence-corrected chi connectivity index (χ0v) is 11.7. The Kier molecular flexibility index (Phi) is 7.41. The fraction of sp³-hybridized carbons (Fsp3) is 0.538. The van der Waals surface area contributed by atoms with Crippen molar-refractivity contribution in [3.63, 3.8) is 0 Å². The van der Waals surface area contributed by atoms with Crippen LogP contribution in [-0.2, 0) is 0 Å². The Bertz CT molecular complexity index is 331. The molecule has 96 valence electrons. The average Bonchev–Trinajstić information content (AvgIpc) is 2.30. The molecule has 1 rings (SSSR count). The Hall–Kier alpha value is -0.440. The Morgan fingerprint density at radius 2 is 1.94 bits per heavy atom. The summed E-state index contributed by atoms with van der Waals surface area (Å²) in [5.41, 5.74) is 0. The van der Waals surface area contributed by atoms with Gasteiger partial charge in [0.05, 0.1) is 24.7 Å². The minimum atomic E-state index is 0.576. The van der Waals surface area contributed by atoms with Gasteiger partial charge in [0.2, 0.25) is 0 Å². The van der Waals surface area contributed by atoms with Crippen molar-refractivity contribution >= 4 is 23.2 Å². The summed E-state index contributed by atoms with van der Waals surface area (Å²) in [5, 5.41) is 3.54. The van der Waals surface area contributed by atoms with E-state index in [2.05, 4.69) is 12.2 Å². The molecule has 17 heavy (non-hydrogen) atoms. The van der Waals surface area contributed by atoms with Crippen molar-refractivity contribution in [3.05, 3.63) is 28.2 Å². The zero-order valence-electron chi connectivity index (χ0n) is 10.2. The van der Waals surface area contributed by atoms with Crippen LogP contribution in [0.4, 0.5) is 0 Å². The lowest BCUT2D eigenvalue weighted by molar-refractivity contribution is -0.655. The average molecular weight is 277 g/mol. The van der Waals surface area contributed by atoms with E-state index in [4.69, 9.17) is 27.9 Å². The fourth-order valence-electron chi connectivity index (χ4n) is 1.49. The predicted octanol–water partition coefficient (Wildman–Crippen LogP) is 3.13. The van der Waals surface area contributed by atoms with E-state index >= 15 is 0 Å². The van der Waals surface area contributed by atoms with E-state index in [0.717, 1.165) is 13.0 Å². The maximum absolute atomic E-state index is 5.99. The number of rotatable bonds is 8. The molecule has 0 heterocycles. The summed E-state index contributed by atoms with van der Waals surface area (Å²) in [5.74, 6) is 0.713. The third-order valence-electron chi connectivity index (χ3n) is 2.47. The molecule has 0 atom stereocenters. The molecule has 0 saturated carbocycles. The van der Waals surface area contributed by atoms with Crippen LogP contribution in [0.5, 0.6) is 5.75 Å². The molecule has 4 heteroatoms. The number of halogens is 2. The summed E-state index contributed by atoms with van der Waals surface area (Å²) in [4.78, 5) is 0. The number of quaternary nitrogens is 1. The van der Waals surface area contributed by atoms with E-state index in [1.165, 1.54) is 19.4 Å². The first-order valence-corrected chi connectivity index (χ1v) is 6.89. The second-order valence-corrected chi connectivity index (χ2v) is 4.84. The van der Waals surface area contributed by atoms with Crippen molar-refractivity contribution in [2.75, 3.05) is 19.7 Å². The van der Waals surface area contributed by atoms with Crippen LogP contribution in [0.1, 0.15) is 26.2 Å². The highest BCUT2D eigenvalue weighted by molar-refractivity contribution is 6.35. The molecule has 0 aliphatic carbocycles. The van der Waals surface area contributed by atoms with Crippen molar-refractivity contribution in [1.29, 1.82) is 0 Å². The van der Waals surface area contributed by atoms with Gasteiger partial charge in [-0.25, -0.2) is 0 Å². The van der Waals surface area contributed by atoms with Gasteiger partial charge in [0, 0.05) is 11.4 Å². The van der Waals surface area contributed by atoms with E-state index in [0.29, 0.717) is 22.4 Å². The van der Waals surface area contributed by atoms with E-state index in [1.807, 2.05) is 6.07 Å². The normalized spacial score (nSPS) is 10.5. The molecule has 0 spiro atoms. The summed E-state index contributed by atoms with van der Waals surface area (Å²) >= 11 is 11.8. The lowest BCUT2D eigenvalue weighted by atomic mass is 10.3. The molecule has 0 amide bonds. The van der Waals surface area contributed by atoms with Crippen molar-refractivity contribution in [1.82, 2.24) is 0 Å². The first kappa shape index (κ1) is 14.6. The monoisotopic (exact) mass is 276 g/mol. The molecule has 0 aliphatic rings. The van der Waals surface area contributed by atoms with Gasteiger partial charge in [-0.3, -0.25) is 0 Å². The maximum atomic E-state index is 5.99. The zero-order chi connectivity index (χ0) is 12.5. The highest BCUT2D eigenvalue weighted by atomic mass is 35.5. The molecule has 0 bridgehead atoms. The first-order valence-electron chi connectivity index (χ1n) is 6.13. The highest BCUT2D eigenvalue weighted by Crippen LogP contribution is 2.27. The summed E-state index contributed by atoms with van der Waals surface area (Å²) in [6.07, 6.45) is 3.57. The number of unbranched alkanes of at least 4 members (excludes halogenated alkanes) is 1. The smallest absolute Gasteiger partial charge is 0.137 e. The Labute approximate surface area is 113 Å². The molecule has 0 saturated heterocycles. The largest absolute Gasteiger partial charge is 0.492 e. The topological polar surface area (TPSA) is 25.8 Å². The molecule has 2 nitrogen and oxygen atoms in total. The second-order valence-electron chi connectivity index (χ2n) is 4.00. The van der Waals surface area contributed by atoms with E-state index in [-0.39, 0.29) is 0 Å². The minimum Gasteiger partial charge on any atom is -0.492 e. The first-order chi connectivity index (χ1) is 8.24. The predicted molar refractivity (Wildman–Crippen MR) is 73.1 cm³/mol. The third kappa shape index (κ3) is 6.16. The van der Waals surface area contributed by atoms with E-state index < -0.39 is 0 Å². The van der Waals surface area contributed by atoms with Gasteiger partial charge in [-0.1, -0.05) is 36.5 Å². The van der Waals surface area contributed by atoms with Gasteiger partial charge in [-0.05, 0) is 24.6 Å². The summed E-state index contributed by atoms with van der Waals surface area (Å²) in [6, 6.07) is 5.30. The van der Waals surface area contributed by atoms with Crippen molar-refractivity contribution in [2.45, 2.75) is 26.2 Å². The lowest BCUT2D eigenvalue weighted by Crippen LogP contribution is -2.84. The number of hydrogen-bond acceptors (Lipinski definition) is 1. The summed E-state index contributed by atoms with van der Waals surface area (Å²) in [6.45, 7) is 5.22. The van der Waals surface area contributed by atoms with Gasteiger partial charge >= 0.3 is 0 Å². The van der Waals surface area contributed by atoms with Crippen molar-refractivity contribution in [3.8, 4) is 5.75 Å². The lowest BCUT2D eigenvalue weighted by Gasteiger charge is -2.07. The Balaban J connectivity index is 2.14. The van der Waals surface area contributed by atoms with Crippen molar-refractivity contribution < 1.29 is 10.1 Å². The van der Waals surface area contributed by atoms with Crippen molar-refractivity contribution in [2.24, 2.45) is 0 Å². The van der Waals surface area contributed by atoms with Gasteiger partial charge in [0.25, 0.3) is 0 Å². The quantitative estimate of drug-likeness (QED) is 0.726. The van der Waals surface area contributed by atoms with E-state index in [1.54, 1.807) is 12.1 Å². The summed E-state index contributed by atoms with van der Waals surface area (Å²) in [7, 11) is 0. The van der Waals surface area contributed by atoms with Crippen LogP contribution in [-0.4, -0.2) is 19.7 Å². The van der Waals surface area contributed by atoms with Gasteiger partial charge in [-0.2, -0.15) is 0 Å². The fourth-order valence-corrected chi connectivity index (χ4v) is 1.96. The van der Waals surface area contributed by atoms with Crippen LogP contribution in [0.25, 0.3) is 0 Å². The summed E-state index contributed by atoms with van der Waals surface area (Å²) < 4.78 is 5.59. The molecule has 0 fully saturated rings. The molecule has 0 radical (unpaired) electrons. The highest BCUT2D eigenvalue weighted by Gasteiger charge is 2.02. The third-order valence-corrected chi connectivity index (χ3v) is 3.00. The standard InChI is InChI=1S/C13H19Cl2NO/c1-2-3-7-16-8-4-9-17-13-6-5-11(14)10-12(13)15/h5-6,10,16H,2-4,7-9H2,1H3/p+1. The Morgan fingerprint density at radius 1 is 1.18 bits per heavy atom. The van der Waals surface area contributed by atoms with Gasteiger partial charge in [0.1, 0.15) is 5.75 Å². The second kappa shape index (κ2) is 8.62. The van der Waals surface area contributed by atoms with E-state index in [9.17, 15) is 0 Å². The maximum Gasteiger partial charge on any atom is 0.137 e. The molecule has 2 N–H and O–H groups in total. The molecular formula is C13H20Cl2NO+. The van der Waals surface area contributed by atoms with Crippen LogP contribution in [0.2, 0.25) is 10.0 Å². The molecular weight excluding hydrogens is 257 g/mol. The molecule has 0 aliphatic heterocycles. The number of benzene rings is 1. The number of hydrogen-bond donors (Lipinski definition) is 1. The number of ether oxygens (including phenoxy) is 1. The van der Waals surface area contributed by atoms with Crippen LogP contribution >= 0.6 is 23.2 Å². The number of nitrogens with two attached hydrogens (primary N) is 1. The van der Waals surface area contributed by atoms with Crippen LogP contribution < -0.4 is 10.1 Å². The van der Waals surface area contributed by atoms with Crippen LogP contribution in [0.15, 0.2) is 18.2 Å². The van der Waals surface area contributed by atoms with Gasteiger partial charge in [0.15, 0.2) is 0 Å². The molecule has 1 aromatic carbocycles. The van der Waals surface area contributed by atoms with Crippen LogP contribution in [0.3, 0.4) is 0 Å². The molecule has 0 aromatic heterocycles. The molecule has 0 unspecified atom stereocenters. The SMILES string of the molecule is CCCC[NH2+]CCCOc1ccc(Cl)cc1Cl. The van der Waals surface area contributed by atoms with Crippen LogP contribution in [0, 0.1) is 0 Å². The minimum absolute atomic E-state index is 0.576. The Morgan fingerprint density at radius 3 is 2.65 bits per heavy atom.